The zero-order valence-corrected chi connectivity index (χ0v) is 9.92. The van der Waals surface area contributed by atoms with Crippen molar-refractivity contribution in [1.82, 2.24) is 9.97 Å². The molecule has 0 atom stereocenters. The van der Waals surface area contributed by atoms with E-state index < -0.39 is 5.97 Å². The van der Waals surface area contributed by atoms with E-state index in [4.69, 9.17) is 10.8 Å². The normalized spacial score (nSPS) is 10.3. The zero-order valence-electron chi connectivity index (χ0n) is 9.92. The molecule has 2 aromatic rings. The lowest BCUT2D eigenvalue weighted by atomic mass is 10.1. The van der Waals surface area contributed by atoms with Gasteiger partial charge < -0.3 is 10.8 Å². The number of carboxylic acids is 1. The van der Waals surface area contributed by atoms with Gasteiger partial charge in [0.05, 0.1) is 5.69 Å². The molecule has 3 N–H and O–H groups in total. The summed E-state index contributed by atoms with van der Waals surface area (Å²) in [4.78, 5) is 19.4. The first-order valence-corrected chi connectivity index (χ1v) is 5.58. The highest BCUT2D eigenvalue weighted by molar-refractivity contribution is 5.94. The molecule has 1 aromatic heterocycles. The summed E-state index contributed by atoms with van der Waals surface area (Å²) in [5, 5.41) is 9.08. The molecule has 0 saturated heterocycles. The highest BCUT2D eigenvalue weighted by atomic mass is 16.4. The van der Waals surface area contributed by atoms with Gasteiger partial charge >= 0.3 is 5.97 Å². The SMILES string of the molecule is CCc1nc(-c2ccccc2)nc(N)c1C(=O)O. The summed E-state index contributed by atoms with van der Waals surface area (Å²) in [6.45, 7) is 1.84. The molecule has 0 radical (unpaired) electrons. The number of hydrogen-bond donors (Lipinski definition) is 2. The maximum absolute atomic E-state index is 11.1. The summed E-state index contributed by atoms with van der Waals surface area (Å²) < 4.78 is 0. The lowest BCUT2D eigenvalue weighted by Crippen LogP contribution is -2.12. The average Bonchev–Trinajstić information content (AvgIpc) is 2.38. The van der Waals surface area contributed by atoms with E-state index in [9.17, 15) is 4.79 Å². The minimum Gasteiger partial charge on any atom is -0.477 e. The summed E-state index contributed by atoms with van der Waals surface area (Å²) in [5.41, 5.74) is 6.97. The van der Waals surface area contributed by atoms with Gasteiger partial charge in [-0.05, 0) is 6.42 Å². The van der Waals surface area contributed by atoms with Crippen molar-refractivity contribution in [2.45, 2.75) is 13.3 Å². The Morgan fingerprint density at radius 3 is 2.50 bits per heavy atom. The number of rotatable bonds is 3. The first kappa shape index (κ1) is 12.0. The molecular weight excluding hydrogens is 230 g/mol. The van der Waals surface area contributed by atoms with Crippen molar-refractivity contribution in [3.63, 3.8) is 0 Å². The second kappa shape index (κ2) is 4.83. The van der Waals surface area contributed by atoms with Crippen molar-refractivity contribution in [3.05, 3.63) is 41.6 Å². The van der Waals surface area contributed by atoms with Gasteiger partial charge in [0.15, 0.2) is 5.82 Å². The van der Waals surface area contributed by atoms with Crippen molar-refractivity contribution in [3.8, 4) is 11.4 Å². The molecule has 5 nitrogen and oxygen atoms in total. The number of hydrogen-bond acceptors (Lipinski definition) is 4. The summed E-state index contributed by atoms with van der Waals surface area (Å²) >= 11 is 0. The second-order valence-corrected chi connectivity index (χ2v) is 3.78. The number of aromatic nitrogens is 2. The fourth-order valence-electron chi connectivity index (χ4n) is 1.73. The van der Waals surface area contributed by atoms with E-state index in [2.05, 4.69) is 9.97 Å². The fraction of sp³-hybridized carbons (Fsp3) is 0.154. The van der Waals surface area contributed by atoms with Gasteiger partial charge in [0.25, 0.3) is 0 Å². The van der Waals surface area contributed by atoms with E-state index in [0.717, 1.165) is 5.56 Å². The van der Waals surface area contributed by atoms with Gasteiger partial charge in [0.1, 0.15) is 11.4 Å². The van der Waals surface area contributed by atoms with E-state index in [-0.39, 0.29) is 11.4 Å². The topological polar surface area (TPSA) is 89.1 Å². The molecule has 18 heavy (non-hydrogen) atoms. The minimum absolute atomic E-state index is 0.00261. The van der Waals surface area contributed by atoms with Crippen LogP contribution in [0, 0.1) is 0 Å². The Morgan fingerprint density at radius 2 is 1.94 bits per heavy atom. The van der Waals surface area contributed by atoms with Crippen molar-refractivity contribution in [1.29, 1.82) is 0 Å². The standard InChI is InChI=1S/C13H13N3O2/c1-2-9-10(13(17)18)11(14)16-12(15-9)8-6-4-3-5-7-8/h3-7H,2H2,1H3,(H,17,18)(H2,14,15,16). The number of carbonyl (C=O) groups is 1. The first-order valence-electron chi connectivity index (χ1n) is 5.58. The summed E-state index contributed by atoms with van der Waals surface area (Å²) in [6.07, 6.45) is 0.494. The number of aromatic carboxylic acids is 1. The van der Waals surface area contributed by atoms with Crippen LogP contribution in [-0.2, 0) is 6.42 Å². The Kier molecular flexibility index (Phi) is 3.23. The number of nitrogens with two attached hydrogens (primary N) is 1. The predicted octanol–water partition coefficient (Wildman–Crippen LogP) is 1.99. The van der Waals surface area contributed by atoms with Gasteiger partial charge in [-0.2, -0.15) is 0 Å². The summed E-state index contributed by atoms with van der Waals surface area (Å²) in [5.74, 6) is -0.632. The van der Waals surface area contributed by atoms with E-state index in [1.807, 2.05) is 37.3 Å². The molecule has 0 bridgehead atoms. The quantitative estimate of drug-likeness (QED) is 0.860. The molecule has 2 rings (SSSR count). The molecule has 0 aliphatic heterocycles. The van der Waals surface area contributed by atoms with Crippen LogP contribution in [0.4, 0.5) is 5.82 Å². The van der Waals surface area contributed by atoms with E-state index in [1.54, 1.807) is 0 Å². The minimum atomic E-state index is -1.09. The van der Waals surface area contributed by atoms with Crippen LogP contribution in [0.2, 0.25) is 0 Å². The Hall–Kier alpha value is -2.43. The van der Waals surface area contributed by atoms with Gasteiger partial charge in [-0.1, -0.05) is 37.3 Å². The smallest absolute Gasteiger partial charge is 0.341 e. The van der Waals surface area contributed by atoms with Crippen molar-refractivity contribution in [2.24, 2.45) is 0 Å². The van der Waals surface area contributed by atoms with Crippen LogP contribution in [0.3, 0.4) is 0 Å². The molecule has 0 amide bonds. The van der Waals surface area contributed by atoms with Crippen LogP contribution < -0.4 is 5.73 Å². The fourth-order valence-corrected chi connectivity index (χ4v) is 1.73. The molecule has 0 spiro atoms. The summed E-state index contributed by atoms with van der Waals surface area (Å²) in [7, 11) is 0. The highest BCUT2D eigenvalue weighted by Gasteiger charge is 2.17. The number of carboxylic acid groups (broad SMARTS) is 1. The molecule has 0 fully saturated rings. The number of benzene rings is 1. The third-order valence-electron chi connectivity index (χ3n) is 2.59. The molecular formula is C13H13N3O2. The third kappa shape index (κ3) is 2.15. The van der Waals surface area contributed by atoms with E-state index >= 15 is 0 Å². The van der Waals surface area contributed by atoms with Gasteiger partial charge in [0, 0.05) is 5.56 Å². The molecule has 0 saturated carbocycles. The molecule has 0 aliphatic carbocycles. The number of nitrogens with zero attached hydrogens (tertiary/aromatic N) is 2. The maximum Gasteiger partial charge on any atom is 0.341 e. The maximum atomic E-state index is 11.1. The lowest BCUT2D eigenvalue weighted by molar-refractivity contribution is 0.0696. The average molecular weight is 243 g/mol. The molecule has 0 aliphatic rings. The highest BCUT2D eigenvalue weighted by Crippen LogP contribution is 2.21. The van der Waals surface area contributed by atoms with Gasteiger partial charge in [-0.15, -0.1) is 0 Å². The summed E-state index contributed by atoms with van der Waals surface area (Å²) in [6, 6.07) is 9.33. The van der Waals surface area contributed by atoms with Crippen LogP contribution in [0.15, 0.2) is 30.3 Å². The monoisotopic (exact) mass is 243 g/mol. The van der Waals surface area contributed by atoms with Crippen molar-refractivity contribution in [2.75, 3.05) is 5.73 Å². The van der Waals surface area contributed by atoms with E-state index in [0.29, 0.717) is 17.9 Å². The van der Waals surface area contributed by atoms with Gasteiger partial charge in [-0.3, -0.25) is 0 Å². The number of aryl methyl sites for hydroxylation is 1. The first-order chi connectivity index (χ1) is 8.63. The Labute approximate surface area is 104 Å². The lowest BCUT2D eigenvalue weighted by Gasteiger charge is -2.08. The van der Waals surface area contributed by atoms with Gasteiger partial charge in [-0.25, -0.2) is 14.8 Å². The third-order valence-corrected chi connectivity index (χ3v) is 2.59. The molecule has 0 unspecified atom stereocenters. The van der Waals surface area contributed by atoms with Crippen LogP contribution in [0.5, 0.6) is 0 Å². The Morgan fingerprint density at radius 1 is 1.28 bits per heavy atom. The number of nitrogen functional groups attached to an aromatic ring is 1. The van der Waals surface area contributed by atoms with Gasteiger partial charge in [0.2, 0.25) is 0 Å². The van der Waals surface area contributed by atoms with Crippen LogP contribution >= 0.6 is 0 Å². The number of anilines is 1. The molecule has 1 aromatic carbocycles. The van der Waals surface area contributed by atoms with Crippen LogP contribution in [0.1, 0.15) is 23.0 Å². The molecule has 92 valence electrons. The predicted molar refractivity (Wildman–Crippen MR) is 68.2 cm³/mol. The van der Waals surface area contributed by atoms with E-state index in [1.165, 1.54) is 0 Å². The molecule has 5 heteroatoms. The Balaban J connectivity index is 2.60. The van der Waals surface area contributed by atoms with Crippen LogP contribution in [-0.4, -0.2) is 21.0 Å². The van der Waals surface area contributed by atoms with Crippen LogP contribution in [0.25, 0.3) is 11.4 Å². The second-order valence-electron chi connectivity index (χ2n) is 3.78. The van der Waals surface area contributed by atoms with Crippen molar-refractivity contribution >= 4 is 11.8 Å². The Bertz CT molecular complexity index is 582. The largest absolute Gasteiger partial charge is 0.477 e. The van der Waals surface area contributed by atoms with Crippen molar-refractivity contribution < 1.29 is 9.90 Å². The zero-order chi connectivity index (χ0) is 13.1. The molecule has 1 heterocycles.